The van der Waals surface area contributed by atoms with Crippen molar-refractivity contribution in [2.45, 2.75) is 18.8 Å². The third kappa shape index (κ3) is 1.87. The van der Waals surface area contributed by atoms with Gasteiger partial charge >= 0.3 is 0 Å². The van der Waals surface area contributed by atoms with E-state index in [1.807, 2.05) is 0 Å². The molecule has 1 aromatic rings. The molecule has 1 N–H and O–H groups in total. The van der Waals surface area contributed by atoms with Crippen LogP contribution in [0.25, 0.3) is 0 Å². The second kappa shape index (κ2) is 4.38. The molecule has 0 radical (unpaired) electrons. The zero-order valence-electron chi connectivity index (χ0n) is 9.38. The number of nitrogens with zero attached hydrogens (tertiary/aromatic N) is 1. The van der Waals surface area contributed by atoms with E-state index in [2.05, 4.69) is 44.3 Å². The summed E-state index contributed by atoms with van der Waals surface area (Å²) in [4.78, 5) is 2.57. The fourth-order valence-electron chi connectivity index (χ4n) is 2.66. The number of anilines is 1. The van der Waals surface area contributed by atoms with Crippen molar-refractivity contribution in [2.75, 3.05) is 31.5 Å². The number of hydrogen-bond acceptors (Lipinski definition) is 2. The van der Waals surface area contributed by atoms with Crippen LogP contribution in [-0.4, -0.2) is 31.1 Å². The van der Waals surface area contributed by atoms with Gasteiger partial charge in [0.05, 0.1) is 5.69 Å². The van der Waals surface area contributed by atoms with Gasteiger partial charge in [0.2, 0.25) is 0 Å². The number of rotatable bonds is 2. The lowest BCUT2D eigenvalue weighted by Crippen LogP contribution is -2.40. The highest BCUT2D eigenvalue weighted by atomic mass is 79.9. The minimum Gasteiger partial charge on any atom is -0.384 e. The Kier molecular flexibility index (Phi) is 2.90. The van der Waals surface area contributed by atoms with Crippen LogP contribution >= 0.6 is 15.9 Å². The third-order valence-corrected chi connectivity index (χ3v) is 4.37. The lowest BCUT2D eigenvalue weighted by atomic mass is 9.90. The van der Waals surface area contributed by atoms with E-state index in [0.29, 0.717) is 5.92 Å². The van der Waals surface area contributed by atoms with E-state index in [9.17, 15) is 0 Å². The fourth-order valence-corrected chi connectivity index (χ4v) is 3.18. The second-order valence-electron chi connectivity index (χ2n) is 4.77. The average Bonchev–Trinajstić information content (AvgIpc) is 2.24. The molecule has 0 amide bonds. The molecule has 2 aliphatic heterocycles. The number of halogens is 1. The van der Waals surface area contributed by atoms with E-state index >= 15 is 0 Å². The van der Waals surface area contributed by atoms with Gasteiger partial charge in [-0.05, 0) is 53.5 Å². The summed E-state index contributed by atoms with van der Waals surface area (Å²) in [7, 11) is 0. The topological polar surface area (TPSA) is 15.3 Å². The number of benzene rings is 1. The van der Waals surface area contributed by atoms with Crippen molar-refractivity contribution in [2.24, 2.45) is 0 Å². The van der Waals surface area contributed by atoms with Crippen LogP contribution < -0.4 is 5.32 Å². The van der Waals surface area contributed by atoms with Crippen LogP contribution in [0.4, 0.5) is 5.69 Å². The number of fused-ring (bicyclic) bond motifs is 1. The molecule has 0 bridgehead atoms. The van der Waals surface area contributed by atoms with Crippen LogP contribution in [0.1, 0.15) is 24.3 Å². The predicted molar refractivity (Wildman–Crippen MR) is 71.0 cm³/mol. The molecule has 1 fully saturated rings. The molecule has 3 rings (SSSR count). The lowest BCUT2D eigenvalue weighted by molar-refractivity contribution is 0.167. The van der Waals surface area contributed by atoms with Gasteiger partial charge in [-0.2, -0.15) is 0 Å². The smallest absolute Gasteiger partial charge is 0.0520 e. The summed E-state index contributed by atoms with van der Waals surface area (Å²) < 4.78 is 1.21. The molecule has 2 nitrogen and oxygen atoms in total. The van der Waals surface area contributed by atoms with Gasteiger partial charge in [-0.25, -0.2) is 0 Å². The maximum atomic E-state index is 3.63. The van der Waals surface area contributed by atoms with Crippen LogP contribution in [0.5, 0.6) is 0 Å². The molecule has 2 heterocycles. The minimum absolute atomic E-state index is 0.717. The lowest BCUT2D eigenvalue weighted by Gasteiger charge is -2.36. The summed E-state index contributed by atoms with van der Waals surface area (Å²) in [5, 5.41) is 3.50. The minimum atomic E-state index is 0.717. The van der Waals surface area contributed by atoms with Crippen molar-refractivity contribution in [3.05, 3.63) is 28.2 Å². The molecule has 16 heavy (non-hydrogen) atoms. The van der Waals surface area contributed by atoms with Gasteiger partial charge in [0.1, 0.15) is 0 Å². The molecule has 1 unspecified atom stereocenters. The first-order valence-electron chi connectivity index (χ1n) is 6.09. The van der Waals surface area contributed by atoms with Gasteiger partial charge in [-0.15, -0.1) is 0 Å². The highest BCUT2D eigenvalue weighted by Crippen LogP contribution is 2.37. The third-order valence-electron chi connectivity index (χ3n) is 3.71. The first-order valence-corrected chi connectivity index (χ1v) is 6.88. The second-order valence-corrected chi connectivity index (χ2v) is 5.62. The Morgan fingerprint density at radius 2 is 2.25 bits per heavy atom. The van der Waals surface area contributed by atoms with Crippen molar-refractivity contribution in [1.29, 1.82) is 0 Å². The van der Waals surface area contributed by atoms with Gasteiger partial charge in [-0.3, -0.25) is 0 Å². The molecule has 1 aromatic carbocycles. The molecule has 0 saturated carbocycles. The fraction of sp³-hybridized carbons (Fsp3) is 0.538. The summed E-state index contributed by atoms with van der Waals surface area (Å²) in [6.45, 7) is 4.94. The Morgan fingerprint density at radius 1 is 1.38 bits per heavy atom. The summed E-state index contributed by atoms with van der Waals surface area (Å²) in [6.07, 6.45) is 2.65. The van der Waals surface area contributed by atoms with Crippen molar-refractivity contribution in [1.82, 2.24) is 4.90 Å². The van der Waals surface area contributed by atoms with Crippen LogP contribution in [0.2, 0.25) is 0 Å². The van der Waals surface area contributed by atoms with Crippen molar-refractivity contribution in [3.63, 3.8) is 0 Å². The molecular formula is C13H17BrN2. The largest absolute Gasteiger partial charge is 0.384 e. The van der Waals surface area contributed by atoms with E-state index in [0.717, 1.165) is 6.54 Å². The molecule has 2 aliphatic rings. The Labute approximate surface area is 105 Å². The Bertz CT molecular complexity index is 388. The van der Waals surface area contributed by atoms with Gasteiger partial charge in [-0.1, -0.05) is 12.1 Å². The van der Waals surface area contributed by atoms with Crippen molar-refractivity contribution < 1.29 is 0 Å². The van der Waals surface area contributed by atoms with Gasteiger partial charge < -0.3 is 10.2 Å². The first kappa shape index (κ1) is 10.6. The maximum absolute atomic E-state index is 3.63. The normalized spacial score (nSPS) is 24.4. The van der Waals surface area contributed by atoms with Gasteiger partial charge in [0.25, 0.3) is 0 Å². The molecule has 0 spiro atoms. The van der Waals surface area contributed by atoms with E-state index in [1.54, 1.807) is 0 Å². The zero-order valence-corrected chi connectivity index (χ0v) is 11.0. The highest BCUT2D eigenvalue weighted by Gasteiger charge is 2.25. The Morgan fingerprint density at radius 3 is 3.00 bits per heavy atom. The SMILES string of the molecule is Brc1cccc2c1NCCC2CN1CCC1. The van der Waals surface area contributed by atoms with Crippen LogP contribution in [0.3, 0.4) is 0 Å². The molecule has 1 saturated heterocycles. The van der Waals surface area contributed by atoms with Gasteiger partial charge in [0.15, 0.2) is 0 Å². The Balaban J connectivity index is 1.84. The summed E-state index contributed by atoms with van der Waals surface area (Å²) in [5.41, 5.74) is 2.81. The summed E-state index contributed by atoms with van der Waals surface area (Å²) in [5.74, 6) is 0.717. The van der Waals surface area contributed by atoms with Crippen molar-refractivity contribution >= 4 is 21.6 Å². The molecule has 0 aromatic heterocycles. The van der Waals surface area contributed by atoms with Crippen LogP contribution in [-0.2, 0) is 0 Å². The first-order chi connectivity index (χ1) is 7.84. The predicted octanol–water partition coefficient (Wildman–Crippen LogP) is 3.05. The van der Waals surface area contributed by atoms with Gasteiger partial charge in [0, 0.05) is 23.5 Å². The monoisotopic (exact) mass is 280 g/mol. The molecule has 0 aliphatic carbocycles. The maximum Gasteiger partial charge on any atom is 0.0520 e. The van der Waals surface area contributed by atoms with Crippen LogP contribution in [0.15, 0.2) is 22.7 Å². The van der Waals surface area contributed by atoms with Crippen LogP contribution in [0, 0.1) is 0 Å². The Hall–Kier alpha value is -0.540. The quantitative estimate of drug-likeness (QED) is 0.896. The van der Waals surface area contributed by atoms with E-state index < -0.39 is 0 Å². The number of nitrogens with one attached hydrogen (secondary N) is 1. The zero-order chi connectivity index (χ0) is 11.0. The molecular weight excluding hydrogens is 264 g/mol. The summed E-state index contributed by atoms with van der Waals surface area (Å²) in [6, 6.07) is 6.55. The average molecular weight is 281 g/mol. The molecule has 1 atom stereocenters. The standard InChI is InChI=1S/C13H17BrN2/c14-12-4-1-3-11-10(5-6-15-13(11)12)9-16-7-2-8-16/h1,3-4,10,15H,2,5-9H2. The van der Waals surface area contributed by atoms with E-state index in [-0.39, 0.29) is 0 Å². The molecule has 3 heteroatoms. The van der Waals surface area contributed by atoms with E-state index in [1.165, 1.54) is 48.2 Å². The number of likely N-dealkylation sites (tertiary alicyclic amines) is 1. The number of para-hydroxylation sites is 1. The van der Waals surface area contributed by atoms with E-state index in [4.69, 9.17) is 0 Å². The highest BCUT2D eigenvalue weighted by molar-refractivity contribution is 9.10. The summed E-state index contributed by atoms with van der Waals surface area (Å²) >= 11 is 3.63. The molecule has 86 valence electrons. The number of hydrogen-bond donors (Lipinski definition) is 1. The van der Waals surface area contributed by atoms with Crippen molar-refractivity contribution in [3.8, 4) is 0 Å².